The third-order valence-electron chi connectivity index (χ3n) is 5.27. The number of carbonyl (C=O) groups is 2. The lowest BCUT2D eigenvalue weighted by atomic mass is 9.93. The van der Waals surface area contributed by atoms with Gasteiger partial charge in [-0.1, -0.05) is 36.1 Å². The van der Waals surface area contributed by atoms with Crippen molar-refractivity contribution < 1.29 is 23.8 Å². The summed E-state index contributed by atoms with van der Waals surface area (Å²) in [6.07, 6.45) is 1.87. The van der Waals surface area contributed by atoms with E-state index in [0.29, 0.717) is 28.0 Å². The van der Waals surface area contributed by atoms with E-state index in [1.807, 2.05) is 42.6 Å². The molecule has 6 heteroatoms. The van der Waals surface area contributed by atoms with E-state index in [1.54, 1.807) is 51.1 Å². The first-order chi connectivity index (χ1) is 17.2. The van der Waals surface area contributed by atoms with E-state index in [1.165, 1.54) is 7.11 Å². The minimum Gasteiger partial charge on any atom is -0.482 e. The number of carbonyl (C=O) groups excluding carboxylic acids is 2. The molecule has 0 amide bonds. The highest BCUT2D eigenvalue weighted by molar-refractivity contribution is 6.00. The number of H-pyrrole nitrogens is 1. The first-order valence-electron chi connectivity index (χ1n) is 11.5. The van der Waals surface area contributed by atoms with Gasteiger partial charge in [-0.05, 0) is 74.2 Å². The van der Waals surface area contributed by atoms with E-state index < -0.39 is 17.5 Å². The lowest BCUT2D eigenvalue weighted by Gasteiger charge is -2.19. The predicted octanol–water partition coefficient (Wildman–Crippen LogP) is 5.74. The number of fused-ring (bicyclic) bond motifs is 1. The number of esters is 2. The number of hydrogen-bond donors (Lipinski definition) is 1. The lowest BCUT2D eigenvalue weighted by molar-refractivity contribution is -0.157. The Morgan fingerprint density at radius 3 is 2.53 bits per heavy atom. The van der Waals surface area contributed by atoms with Gasteiger partial charge < -0.3 is 19.2 Å². The Morgan fingerprint density at radius 2 is 1.75 bits per heavy atom. The van der Waals surface area contributed by atoms with Crippen LogP contribution >= 0.6 is 0 Å². The molecule has 0 fully saturated rings. The highest BCUT2D eigenvalue weighted by Crippen LogP contribution is 2.30. The van der Waals surface area contributed by atoms with Crippen LogP contribution in [0.1, 0.15) is 42.3 Å². The summed E-state index contributed by atoms with van der Waals surface area (Å²) in [4.78, 5) is 27.7. The molecule has 0 aliphatic carbocycles. The summed E-state index contributed by atoms with van der Waals surface area (Å²) < 4.78 is 15.9. The molecule has 4 rings (SSSR count). The molecule has 0 saturated heterocycles. The number of aromatic amines is 1. The number of benzene rings is 3. The van der Waals surface area contributed by atoms with Crippen LogP contribution < -0.4 is 4.74 Å². The number of aromatic nitrogens is 1. The topological polar surface area (TPSA) is 77.6 Å². The van der Waals surface area contributed by atoms with Crippen LogP contribution in [0.3, 0.4) is 0 Å². The van der Waals surface area contributed by atoms with Gasteiger partial charge >= 0.3 is 11.9 Å². The van der Waals surface area contributed by atoms with Crippen molar-refractivity contribution in [1.29, 1.82) is 0 Å². The third kappa shape index (κ3) is 5.94. The molecule has 0 atom stereocenters. The number of hydrogen-bond acceptors (Lipinski definition) is 5. The summed E-state index contributed by atoms with van der Waals surface area (Å²) >= 11 is 0. The SMILES string of the molecule is COC(=O)c1cccc(C#Cc2cccc(OCC(=O)OC(C)(C)C)c2)c1-c1ccc2cc[nH]c2c1. The third-order valence-corrected chi connectivity index (χ3v) is 5.27. The van der Waals surface area contributed by atoms with E-state index in [4.69, 9.17) is 14.2 Å². The van der Waals surface area contributed by atoms with Crippen LogP contribution in [-0.4, -0.2) is 36.2 Å². The minimum absolute atomic E-state index is 0.194. The Hall–Kier alpha value is -4.50. The van der Waals surface area contributed by atoms with Gasteiger partial charge in [0.15, 0.2) is 6.61 Å². The van der Waals surface area contributed by atoms with Crippen molar-refractivity contribution in [2.75, 3.05) is 13.7 Å². The number of methoxy groups -OCH3 is 1. The van der Waals surface area contributed by atoms with E-state index in [-0.39, 0.29) is 6.61 Å². The summed E-state index contributed by atoms with van der Waals surface area (Å²) in [6.45, 7) is 5.23. The maximum Gasteiger partial charge on any atom is 0.344 e. The summed E-state index contributed by atoms with van der Waals surface area (Å²) in [5.41, 5.74) is 3.76. The van der Waals surface area contributed by atoms with Crippen molar-refractivity contribution >= 4 is 22.8 Å². The van der Waals surface area contributed by atoms with Crippen LogP contribution in [0, 0.1) is 11.8 Å². The zero-order valence-corrected chi connectivity index (χ0v) is 20.7. The molecule has 0 aliphatic heterocycles. The van der Waals surface area contributed by atoms with Crippen LogP contribution in [0.5, 0.6) is 5.75 Å². The molecule has 182 valence electrons. The molecule has 1 heterocycles. The zero-order chi connectivity index (χ0) is 25.7. The Kier molecular flexibility index (Phi) is 7.12. The van der Waals surface area contributed by atoms with Gasteiger partial charge in [0.1, 0.15) is 11.4 Å². The van der Waals surface area contributed by atoms with Crippen molar-refractivity contribution in [1.82, 2.24) is 4.98 Å². The quantitative estimate of drug-likeness (QED) is 0.290. The van der Waals surface area contributed by atoms with E-state index in [2.05, 4.69) is 16.8 Å². The average molecular weight is 482 g/mol. The maximum absolute atomic E-state index is 12.6. The van der Waals surface area contributed by atoms with Gasteiger partial charge in [0.25, 0.3) is 0 Å². The lowest BCUT2D eigenvalue weighted by Crippen LogP contribution is -2.27. The second-order valence-electron chi connectivity index (χ2n) is 9.15. The van der Waals surface area contributed by atoms with Crippen LogP contribution in [0.25, 0.3) is 22.0 Å². The second-order valence-corrected chi connectivity index (χ2v) is 9.15. The molecule has 3 aromatic carbocycles. The molecule has 6 nitrogen and oxygen atoms in total. The van der Waals surface area contributed by atoms with Gasteiger partial charge in [-0.15, -0.1) is 0 Å². The summed E-state index contributed by atoms with van der Waals surface area (Å²) in [5.74, 6) is 5.98. The molecule has 4 aromatic rings. The standard InChI is InChI=1S/C30H27NO5/c1-30(2,3)36-27(32)19-35-24-9-5-7-20(17-24)11-12-22-8-6-10-25(29(33)34-4)28(22)23-14-13-21-15-16-31-26(21)18-23/h5-10,13-18,31H,19H2,1-4H3. The first-order valence-corrected chi connectivity index (χ1v) is 11.5. The second kappa shape index (κ2) is 10.4. The molecule has 0 radical (unpaired) electrons. The van der Waals surface area contributed by atoms with Gasteiger partial charge in [-0.3, -0.25) is 0 Å². The zero-order valence-electron chi connectivity index (χ0n) is 20.7. The van der Waals surface area contributed by atoms with Crippen molar-refractivity contribution in [3.63, 3.8) is 0 Å². The van der Waals surface area contributed by atoms with E-state index in [9.17, 15) is 9.59 Å². The van der Waals surface area contributed by atoms with Crippen LogP contribution in [-0.2, 0) is 14.3 Å². The highest BCUT2D eigenvalue weighted by atomic mass is 16.6. The van der Waals surface area contributed by atoms with E-state index >= 15 is 0 Å². The number of rotatable bonds is 5. The van der Waals surface area contributed by atoms with Gasteiger partial charge in [-0.2, -0.15) is 0 Å². The fourth-order valence-electron chi connectivity index (χ4n) is 3.77. The van der Waals surface area contributed by atoms with Gasteiger partial charge in [0.2, 0.25) is 0 Å². The average Bonchev–Trinajstić information content (AvgIpc) is 3.33. The molecule has 0 aliphatic rings. The Bertz CT molecular complexity index is 1480. The number of nitrogens with one attached hydrogen (secondary N) is 1. The summed E-state index contributed by atoms with van der Waals surface area (Å²) in [7, 11) is 1.36. The minimum atomic E-state index is -0.574. The van der Waals surface area contributed by atoms with Crippen molar-refractivity contribution in [3.05, 3.63) is 89.6 Å². The molecular weight excluding hydrogens is 454 g/mol. The van der Waals surface area contributed by atoms with Gasteiger partial charge in [0.05, 0.1) is 12.7 Å². The largest absolute Gasteiger partial charge is 0.482 e. The van der Waals surface area contributed by atoms with Gasteiger partial charge in [-0.25, -0.2) is 9.59 Å². The maximum atomic E-state index is 12.6. The van der Waals surface area contributed by atoms with Crippen LogP contribution in [0.4, 0.5) is 0 Å². The van der Waals surface area contributed by atoms with Crippen molar-refractivity contribution in [2.45, 2.75) is 26.4 Å². The highest BCUT2D eigenvalue weighted by Gasteiger charge is 2.18. The normalized spacial score (nSPS) is 10.9. The smallest absolute Gasteiger partial charge is 0.344 e. The molecule has 0 saturated carbocycles. The van der Waals surface area contributed by atoms with Crippen LogP contribution in [0.15, 0.2) is 72.9 Å². The van der Waals surface area contributed by atoms with Crippen molar-refractivity contribution in [3.8, 4) is 28.7 Å². The predicted molar refractivity (Wildman–Crippen MR) is 139 cm³/mol. The van der Waals surface area contributed by atoms with Crippen molar-refractivity contribution in [2.24, 2.45) is 0 Å². The Morgan fingerprint density at radius 1 is 0.944 bits per heavy atom. The van der Waals surface area contributed by atoms with E-state index in [0.717, 1.165) is 16.5 Å². The van der Waals surface area contributed by atoms with Crippen LogP contribution in [0.2, 0.25) is 0 Å². The monoisotopic (exact) mass is 481 g/mol. The fourth-order valence-corrected chi connectivity index (χ4v) is 3.77. The molecule has 36 heavy (non-hydrogen) atoms. The molecule has 1 N–H and O–H groups in total. The number of ether oxygens (including phenoxy) is 3. The Balaban J connectivity index is 1.65. The molecule has 1 aromatic heterocycles. The van der Waals surface area contributed by atoms with Gasteiger partial charge in [0, 0.05) is 28.4 Å². The first kappa shape index (κ1) is 24.6. The molecular formula is C30H27NO5. The fraction of sp³-hybridized carbons (Fsp3) is 0.200. The summed E-state index contributed by atoms with van der Waals surface area (Å²) in [5, 5.41) is 1.07. The summed E-state index contributed by atoms with van der Waals surface area (Å²) in [6, 6.07) is 20.5. The molecule has 0 unspecified atom stereocenters. The molecule has 0 bridgehead atoms. The Labute approximate surface area is 210 Å². The molecule has 0 spiro atoms.